The van der Waals surface area contributed by atoms with Crippen LogP contribution in [0.1, 0.15) is 33.3 Å². The molecule has 2 heterocycles. The fourth-order valence-electron chi connectivity index (χ4n) is 2.32. The molecule has 7 heteroatoms. The zero-order chi connectivity index (χ0) is 18.4. The van der Waals surface area contributed by atoms with Gasteiger partial charge in [-0.25, -0.2) is 4.98 Å². The summed E-state index contributed by atoms with van der Waals surface area (Å²) < 4.78 is 5.33. The third-order valence-electron chi connectivity index (χ3n) is 4.03. The highest BCUT2D eigenvalue weighted by molar-refractivity contribution is 5.89. The summed E-state index contributed by atoms with van der Waals surface area (Å²) in [5.41, 5.74) is 0.396. The molecule has 2 N–H and O–H groups in total. The van der Waals surface area contributed by atoms with Gasteiger partial charge in [-0.05, 0) is 18.6 Å². The zero-order valence-corrected chi connectivity index (χ0v) is 15.5. The lowest BCUT2D eigenvalue weighted by molar-refractivity contribution is -0.133. The predicted octanol–water partition coefficient (Wildman–Crippen LogP) is 1.09. The Bertz CT molecular complexity index is 589. The maximum Gasteiger partial charge on any atom is 0.242 e. The summed E-state index contributed by atoms with van der Waals surface area (Å²) in [6, 6.07) is 3.33. The molecule has 2 rings (SSSR count). The molecule has 2 amide bonds. The van der Waals surface area contributed by atoms with E-state index in [1.54, 1.807) is 13.1 Å². The van der Waals surface area contributed by atoms with Crippen LogP contribution in [0.3, 0.4) is 0 Å². The molecule has 0 unspecified atom stereocenters. The first-order valence-electron chi connectivity index (χ1n) is 8.63. The summed E-state index contributed by atoms with van der Waals surface area (Å²) in [7, 11) is 0. The Morgan fingerprint density at radius 3 is 2.52 bits per heavy atom. The quantitative estimate of drug-likeness (QED) is 0.832. The highest BCUT2D eigenvalue weighted by Crippen LogP contribution is 2.14. The number of pyridine rings is 1. The van der Waals surface area contributed by atoms with E-state index in [1.165, 1.54) is 0 Å². The summed E-state index contributed by atoms with van der Waals surface area (Å²) in [6.07, 6.45) is 1.77. The maximum absolute atomic E-state index is 12.1. The molecule has 1 atom stereocenters. The number of carbonyl (C=O) groups excluding carboxylic acids is 2. The number of hydrogen-bond acceptors (Lipinski definition) is 5. The van der Waals surface area contributed by atoms with Crippen LogP contribution in [0.25, 0.3) is 0 Å². The van der Waals surface area contributed by atoms with Crippen LogP contribution in [0.5, 0.6) is 0 Å². The minimum absolute atomic E-state index is 0.147. The van der Waals surface area contributed by atoms with Crippen LogP contribution in [0.2, 0.25) is 0 Å². The second-order valence-electron chi connectivity index (χ2n) is 7.29. The van der Waals surface area contributed by atoms with Crippen molar-refractivity contribution in [1.82, 2.24) is 15.6 Å². The van der Waals surface area contributed by atoms with Crippen molar-refractivity contribution < 1.29 is 14.3 Å². The van der Waals surface area contributed by atoms with Crippen LogP contribution in [-0.4, -0.2) is 49.1 Å². The van der Waals surface area contributed by atoms with Gasteiger partial charge in [0.25, 0.3) is 0 Å². The molecule has 0 aromatic carbocycles. The van der Waals surface area contributed by atoms with E-state index in [0.29, 0.717) is 6.54 Å². The SMILES string of the molecule is C[C@H](NC(=O)C(C)(C)C)C(=O)NCc1ccc(N2CCOCC2)nc1. The van der Waals surface area contributed by atoms with Gasteiger partial charge < -0.3 is 20.3 Å². The Morgan fingerprint density at radius 1 is 1.28 bits per heavy atom. The number of carbonyl (C=O) groups is 2. The number of nitrogens with zero attached hydrogens (tertiary/aromatic N) is 2. The fourth-order valence-corrected chi connectivity index (χ4v) is 2.32. The number of rotatable bonds is 5. The molecule has 0 saturated carbocycles. The smallest absolute Gasteiger partial charge is 0.242 e. The van der Waals surface area contributed by atoms with E-state index < -0.39 is 11.5 Å². The van der Waals surface area contributed by atoms with Crippen LogP contribution in [0, 0.1) is 5.41 Å². The van der Waals surface area contributed by atoms with Gasteiger partial charge in [-0.2, -0.15) is 0 Å². The molecule has 1 fully saturated rings. The number of aromatic nitrogens is 1. The standard InChI is InChI=1S/C18H28N4O3/c1-13(21-17(24)18(2,3)4)16(23)20-12-14-5-6-15(19-11-14)22-7-9-25-10-8-22/h5-6,11,13H,7-10,12H2,1-4H3,(H,20,23)(H,21,24)/t13-/m0/s1. The van der Waals surface area contributed by atoms with Crippen molar-refractivity contribution >= 4 is 17.6 Å². The molecule has 1 aromatic heterocycles. The molecule has 0 spiro atoms. The van der Waals surface area contributed by atoms with Crippen LogP contribution >= 0.6 is 0 Å². The highest BCUT2D eigenvalue weighted by Gasteiger charge is 2.24. The number of nitrogens with one attached hydrogen (secondary N) is 2. The summed E-state index contributed by atoms with van der Waals surface area (Å²) >= 11 is 0. The number of amides is 2. The Labute approximate surface area is 149 Å². The molecular weight excluding hydrogens is 320 g/mol. The first kappa shape index (κ1) is 19.2. The minimum atomic E-state index is -0.577. The number of morpholine rings is 1. The van der Waals surface area contributed by atoms with Crippen molar-refractivity contribution in [2.24, 2.45) is 5.41 Å². The molecule has 1 saturated heterocycles. The summed E-state index contributed by atoms with van der Waals surface area (Å²) in [5, 5.41) is 5.55. The second-order valence-corrected chi connectivity index (χ2v) is 7.29. The second kappa shape index (κ2) is 8.29. The first-order valence-corrected chi connectivity index (χ1v) is 8.63. The fraction of sp³-hybridized carbons (Fsp3) is 0.611. The minimum Gasteiger partial charge on any atom is -0.378 e. The van der Waals surface area contributed by atoms with E-state index in [2.05, 4.69) is 20.5 Å². The molecule has 7 nitrogen and oxygen atoms in total. The van der Waals surface area contributed by atoms with Gasteiger partial charge >= 0.3 is 0 Å². The van der Waals surface area contributed by atoms with Crippen molar-refractivity contribution in [2.75, 3.05) is 31.2 Å². The lowest BCUT2D eigenvalue weighted by Crippen LogP contribution is -2.48. The summed E-state index contributed by atoms with van der Waals surface area (Å²) in [4.78, 5) is 30.7. The first-order chi connectivity index (χ1) is 11.8. The predicted molar refractivity (Wildman–Crippen MR) is 96.2 cm³/mol. The van der Waals surface area contributed by atoms with Gasteiger partial charge in [-0.1, -0.05) is 26.8 Å². The van der Waals surface area contributed by atoms with Gasteiger partial charge in [0.1, 0.15) is 11.9 Å². The Morgan fingerprint density at radius 2 is 1.96 bits per heavy atom. The van der Waals surface area contributed by atoms with Crippen LogP contribution < -0.4 is 15.5 Å². The molecule has 0 bridgehead atoms. The third-order valence-corrected chi connectivity index (χ3v) is 4.03. The number of hydrogen-bond donors (Lipinski definition) is 2. The molecule has 138 valence electrons. The normalized spacial score (nSPS) is 16.2. The van der Waals surface area contributed by atoms with Crippen LogP contribution in [-0.2, 0) is 20.9 Å². The molecule has 25 heavy (non-hydrogen) atoms. The molecule has 0 radical (unpaired) electrons. The van der Waals surface area contributed by atoms with E-state index >= 15 is 0 Å². The van der Waals surface area contributed by atoms with Crippen molar-refractivity contribution in [1.29, 1.82) is 0 Å². The zero-order valence-electron chi connectivity index (χ0n) is 15.5. The molecule has 1 aliphatic rings. The Balaban J connectivity index is 1.82. The molecular formula is C18H28N4O3. The van der Waals surface area contributed by atoms with Crippen LogP contribution in [0.15, 0.2) is 18.3 Å². The average molecular weight is 348 g/mol. The monoisotopic (exact) mass is 348 g/mol. The molecule has 1 aliphatic heterocycles. The number of ether oxygens (including phenoxy) is 1. The number of anilines is 1. The Kier molecular flexibility index (Phi) is 6.36. The molecule has 1 aromatic rings. The lowest BCUT2D eigenvalue weighted by Gasteiger charge is -2.27. The van der Waals surface area contributed by atoms with Crippen LogP contribution in [0.4, 0.5) is 5.82 Å². The van der Waals surface area contributed by atoms with E-state index in [-0.39, 0.29) is 11.8 Å². The van der Waals surface area contributed by atoms with E-state index in [0.717, 1.165) is 37.7 Å². The maximum atomic E-state index is 12.1. The largest absolute Gasteiger partial charge is 0.378 e. The Hall–Kier alpha value is -2.15. The van der Waals surface area contributed by atoms with Crippen molar-refractivity contribution in [3.63, 3.8) is 0 Å². The van der Waals surface area contributed by atoms with Gasteiger partial charge in [-0.3, -0.25) is 9.59 Å². The third kappa shape index (κ3) is 5.70. The van der Waals surface area contributed by atoms with Gasteiger partial charge in [0.05, 0.1) is 13.2 Å². The van der Waals surface area contributed by atoms with Gasteiger partial charge in [0, 0.05) is 31.2 Å². The molecule has 0 aliphatic carbocycles. The summed E-state index contributed by atoms with van der Waals surface area (Å²) in [6.45, 7) is 10.6. The van der Waals surface area contributed by atoms with Crippen molar-refractivity contribution in [3.8, 4) is 0 Å². The van der Waals surface area contributed by atoms with Crippen molar-refractivity contribution in [3.05, 3.63) is 23.9 Å². The van der Waals surface area contributed by atoms with Gasteiger partial charge in [-0.15, -0.1) is 0 Å². The van der Waals surface area contributed by atoms with Gasteiger partial charge in [0.15, 0.2) is 0 Å². The van der Waals surface area contributed by atoms with E-state index in [4.69, 9.17) is 4.74 Å². The van der Waals surface area contributed by atoms with Crippen molar-refractivity contribution in [2.45, 2.75) is 40.3 Å². The highest BCUT2D eigenvalue weighted by atomic mass is 16.5. The topological polar surface area (TPSA) is 83.6 Å². The van der Waals surface area contributed by atoms with Gasteiger partial charge in [0.2, 0.25) is 11.8 Å². The average Bonchev–Trinajstić information content (AvgIpc) is 2.60. The lowest BCUT2D eigenvalue weighted by atomic mass is 9.95. The van der Waals surface area contributed by atoms with E-state index in [1.807, 2.05) is 32.9 Å². The van der Waals surface area contributed by atoms with E-state index in [9.17, 15) is 9.59 Å². The summed E-state index contributed by atoms with van der Waals surface area (Å²) in [5.74, 6) is 0.561.